The Morgan fingerprint density at radius 3 is 2.29 bits per heavy atom. The summed E-state index contributed by atoms with van der Waals surface area (Å²) >= 11 is 5.59. The summed E-state index contributed by atoms with van der Waals surface area (Å²) in [5.41, 5.74) is 7.25. The van der Waals surface area contributed by atoms with E-state index >= 15 is 0 Å². The van der Waals surface area contributed by atoms with Gasteiger partial charge in [0.1, 0.15) is 5.82 Å². The van der Waals surface area contributed by atoms with Gasteiger partial charge in [0, 0.05) is 13.1 Å². The van der Waals surface area contributed by atoms with Gasteiger partial charge < -0.3 is 5.73 Å². The van der Waals surface area contributed by atoms with Gasteiger partial charge in [0.25, 0.3) is 0 Å². The Hall–Kier alpha value is -1.47. The van der Waals surface area contributed by atoms with Gasteiger partial charge in [-0.15, -0.1) is 0 Å². The zero-order chi connectivity index (χ0) is 15.5. The summed E-state index contributed by atoms with van der Waals surface area (Å²) in [5, 5.41) is -0.231. The number of hydrogen-bond acceptors (Lipinski definition) is 3. The third-order valence-electron chi connectivity index (χ3n) is 2.93. The molecule has 2 rings (SSSR count). The second kappa shape index (κ2) is 6.53. The molecular weight excluding hydrogens is 315 g/mol. The van der Waals surface area contributed by atoms with Crippen LogP contribution in [0.2, 0.25) is 5.02 Å². The first-order valence-corrected chi connectivity index (χ1v) is 8.01. The van der Waals surface area contributed by atoms with Crippen LogP contribution >= 0.6 is 11.6 Å². The summed E-state index contributed by atoms with van der Waals surface area (Å²) in [6, 6.07) is 10.5. The minimum absolute atomic E-state index is 0.0764. The molecule has 0 atom stereocenters. The average Bonchev–Trinajstić information content (AvgIpc) is 2.48. The van der Waals surface area contributed by atoms with E-state index in [1.54, 1.807) is 12.1 Å². The predicted molar refractivity (Wildman–Crippen MR) is 79.8 cm³/mol. The number of halogens is 2. The van der Waals surface area contributed by atoms with Crippen molar-refractivity contribution in [2.24, 2.45) is 5.73 Å². The van der Waals surface area contributed by atoms with Crippen molar-refractivity contribution < 1.29 is 12.8 Å². The molecule has 0 amide bonds. The van der Waals surface area contributed by atoms with Gasteiger partial charge in [0.15, 0.2) is 0 Å². The van der Waals surface area contributed by atoms with Crippen molar-refractivity contribution in [2.75, 3.05) is 0 Å². The van der Waals surface area contributed by atoms with E-state index in [1.165, 1.54) is 6.07 Å². The highest BCUT2D eigenvalue weighted by atomic mass is 35.5. The maximum Gasteiger partial charge on any atom is 0.240 e. The van der Waals surface area contributed by atoms with Crippen LogP contribution in [0.1, 0.15) is 11.1 Å². The van der Waals surface area contributed by atoms with Gasteiger partial charge in [-0.05, 0) is 29.3 Å². The number of sulfonamides is 1. The first kappa shape index (κ1) is 15.9. The summed E-state index contributed by atoms with van der Waals surface area (Å²) in [6.07, 6.45) is 0. The molecule has 112 valence electrons. The molecular formula is C14H14ClFN2O2S. The van der Waals surface area contributed by atoms with Crippen molar-refractivity contribution in [3.63, 3.8) is 0 Å². The van der Waals surface area contributed by atoms with Crippen LogP contribution in [0.5, 0.6) is 0 Å². The van der Waals surface area contributed by atoms with Crippen molar-refractivity contribution in [3.8, 4) is 0 Å². The number of rotatable bonds is 5. The highest BCUT2D eigenvalue weighted by Crippen LogP contribution is 2.19. The quantitative estimate of drug-likeness (QED) is 0.885. The Bertz CT molecular complexity index is 733. The third kappa shape index (κ3) is 4.01. The fraction of sp³-hybridized carbons (Fsp3) is 0.143. The van der Waals surface area contributed by atoms with Crippen molar-refractivity contribution in [1.29, 1.82) is 0 Å². The molecule has 4 nitrogen and oxygen atoms in total. The van der Waals surface area contributed by atoms with Crippen LogP contribution in [-0.4, -0.2) is 8.42 Å². The van der Waals surface area contributed by atoms with Crippen molar-refractivity contribution in [3.05, 3.63) is 64.4 Å². The van der Waals surface area contributed by atoms with E-state index in [2.05, 4.69) is 4.72 Å². The van der Waals surface area contributed by atoms with Crippen LogP contribution in [0.3, 0.4) is 0 Å². The Kier molecular flexibility index (Phi) is 4.95. The van der Waals surface area contributed by atoms with E-state index < -0.39 is 15.8 Å². The molecule has 2 aromatic rings. The maximum absolute atomic E-state index is 13.1. The fourth-order valence-electron chi connectivity index (χ4n) is 1.70. The molecule has 0 bridgehead atoms. The van der Waals surface area contributed by atoms with E-state index in [-0.39, 0.29) is 16.5 Å². The van der Waals surface area contributed by atoms with Crippen LogP contribution < -0.4 is 10.5 Å². The molecule has 0 saturated heterocycles. The standard InChI is InChI=1S/C14H14ClFN2O2S/c15-13-7-12(5-6-14(13)16)21(19,20)18-9-11-3-1-10(8-17)2-4-11/h1-7,18H,8-9,17H2. The van der Waals surface area contributed by atoms with Crippen LogP contribution in [-0.2, 0) is 23.1 Å². The molecule has 3 N–H and O–H groups in total. The zero-order valence-electron chi connectivity index (χ0n) is 11.0. The lowest BCUT2D eigenvalue weighted by Crippen LogP contribution is -2.23. The first-order valence-electron chi connectivity index (χ1n) is 6.15. The Labute approximate surface area is 127 Å². The average molecular weight is 329 g/mol. The second-order valence-corrected chi connectivity index (χ2v) is 6.60. The van der Waals surface area contributed by atoms with Crippen LogP contribution in [0.15, 0.2) is 47.4 Å². The summed E-state index contributed by atoms with van der Waals surface area (Å²) in [5.74, 6) is -0.659. The number of benzene rings is 2. The summed E-state index contributed by atoms with van der Waals surface area (Å²) in [7, 11) is -3.74. The molecule has 0 unspecified atom stereocenters. The smallest absolute Gasteiger partial charge is 0.240 e. The molecule has 0 radical (unpaired) electrons. The SMILES string of the molecule is NCc1ccc(CNS(=O)(=O)c2ccc(F)c(Cl)c2)cc1. The molecule has 0 fully saturated rings. The predicted octanol–water partition coefficient (Wildman–Crippen LogP) is 2.42. The monoisotopic (exact) mass is 328 g/mol. The molecule has 0 saturated carbocycles. The van der Waals surface area contributed by atoms with Crippen LogP contribution in [0.25, 0.3) is 0 Å². The second-order valence-electron chi connectivity index (χ2n) is 4.42. The number of nitrogens with one attached hydrogen (secondary N) is 1. The number of nitrogens with two attached hydrogens (primary N) is 1. The summed E-state index contributed by atoms with van der Waals surface area (Å²) in [4.78, 5) is -0.0764. The summed E-state index contributed by atoms with van der Waals surface area (Å²) in [6.45, 7) is 0.558. The Balaban J connectivity index is 2.11. The fourth-order valence-corrected chi connectivity index (χ4v) is 2.99. The summed E-state index contributed by atoms with van der Waals surface area (Å²) < 4.78 is 39.6. The molecule has 7 heteroatoms. The topological polar surface area (TPSA) is 72.2 Å². The van der Waals surface area contributed by atoms with Gasteiger partial charge in [-0.25, -0.2) is 17.5 Å². The van der Waals surface area contributed by atoms with E-state index in [1.807, 2.05) is 12.1 Å². The van der Waals surface area contributed by atoms with Gasteiger partial charge in [0.05, 0.1) is 9.92 Å². The molecule has 0 aliphatic carbocycles. The first-order chi connectivity index (χ1) is 9.92. The van der Waals surface area contributed by atoms with Crippen molar-refractivity contribution >= 4 is 21.6 Å². The van der Waals surface area contributed by atoms with E-state index in [0.717, 1.165) is 23.3 Å². The van der Waals surface area contributed by atoms with Gasteiger partial charge in [0.2, 0.25) is 10.0 Å². The lowest BCUT2D eigenvalue weighted by atomic mass is 10.1. The zero-order valence-corrected chi connectivity index (χ0v) is 12.6. The third-order valence-corrected chi connectivity index (χ3v) is 4.61. The van der Waals surface area contributed by atoms with Gasteiger partial charge in [-0.3, -0.25) is 0 Å². The van der Waals surface area contributed by atoms with E-state index in [0.29, 0.717) is 6.54 Å². The molecule has 0 heterocycles. The minimum Gasteiger partial charge on any atom is -0.326 e. The van der Waals surface area contributed by atoms with Gasteiger partial charge >= 0.3 is 0 Å². The molecule has 21 heavy (non-hydrogen) atoms. The lowest BCUT2D eigenvalue weighted by molar-refractivity contribution is 0.580. The molecule has 0 aromatic heterocycles. The highest BCUT2D eigenvalue weighted by molar-refractivity contribution is 7.89. The van der Waals surface area contributed by atoms with Crippen molar-refractivity contribution in [1.82, 2.24) is 4.72 Å². The maximum atomic E-state index is 13.1. The van der Waals surface area contributed by atoms with Crippen LogP contribution in [0.4, 0.5) is 4.39 Å². The Morgan fingerprint density at radius 1 is 1.10 bits per heavy atom. The highest BCUT2D eigenvalue weighted by Gasteiger charge is 2.15. The lowest BCUT2D eigenvalue weighted by Gasteiger charge is -2.08. The van der Waals surface area contributed by atoms with E-state index in [4.69, 9.17) is 17.3 Å². The molecule has 0 aliphatic heterocycles. The van der Waals surface area contributed by atoms with Gasteiger partial charge in [-0.2, -0.15) is 0 Å². The van der Waals surface area contributed by atoms with Gasteiger partial charge in [-0.1, -0.05) is 35.9 Å². The molecule has 0 aliphatic rings. The molecule has 0 spiro atoms. The van der Waals surface area contributed by atoms with Crippen LogP contribution in [0, 0.1) is 5.82 Å². The number of hydrogen-bond donors (Lipinski definition) is 2. The minimum atomic E-state index is -3.74. The Morgan fingerprint density at radius 2 is 1.71 bits per heavy atom. The largest absolute Gasteiger partial charge is 0.326 e. The van der Waals surface area contributed by atoms with E-state index in [9.17, 15) is 12.8 Å². The van der Waals surface area contributed by atoms with Crippen molar-refractivity contribution in [2.45, 2.75) is 18.0 Å². The normalized spacial score (nSPS) is 11.6. The molecule has 2 aromatic carbocycles.